The Balaban J connectivity index is 2.35. The van der Waals surface area contributed by atoms with E-state index in [0.29, 0.717) is 16.8 Å². The van der Waals surface area contributed by atoms with Crippen molar-refractivity contribution in [3.8, 4) is 0 Å². The summed E-state index contributed by atoms with van der Waals surface area (Å²) < 4.78 is 16.2. The van der Waals surface area contributed by atoms with E-state index < -0.39 is 40.5 Å². The van der Waals surface area contributed by atoms with Crippen molar-refractivity contribution >= 4 is 36.0 Å². The van der Waals surface area contributed by atoms with E-state index in [1.54, 1.807) is 107 Å². The van der Waals surface area contributed by atoms with Gasteiger partial charge in [0.05, 0.1) is 17.6 Å². The topological polar surface area (TPSA) is 102 Å². The van der Waals surface area contributed by atoms with Crippen molar-refractivity contribution < 1.29 is 33.4 Å². The molecule has 0 saturated carbocycles. The van der Waals surface area contributed by atoms with E-state index in [9.17, 15) is 19.2 Å². The molecule has 1 aromatic carbocycles. The Morgan fingerprint density at radius 2 is 1.35 bits per heavy atom. The predicted octanol–water partition coefficient (Wildman–Crippen LogP) is 6.43. The highest BCUT2D eigenvalue weighted by molar-refractivity contribution is 6.21. The SMILES string of the molecule is CC(C)(C)OC(=O)N(C/C=C/c1ccc2c(c1)N(C(=O)OC(C)(C)C)C(=O)C2(C)C)C(=O)OC(C)(C)C. The molecule has 0 aliphatic carbocycles. The van der Waals surface area contributed by atoms with Gasteiger partial charge < -0.3 is 14.2 Å². The smallest absolute Gasteiger partial charge is 0.421 e. The number of hydrogen-bond donors (Lipinski definition) is 0. The zero-order valence-electron chi connectivity index (χ0n) is 23.8. The number of rotatable bonds is 3. The Kier molecular flexibility index (Phi) is 8.22. The van der Waals surface area contributed by atoms with Crippen LogP contribution in [-0.4, -0.2) is 52.4 Å². The van der Waals surface area contributed by atoms with Crippen LogP contribution in [0.2, 0.25) is 0 Å². The van der Waals surface area contributed by atoms with Crippen molar-refractivity contribution in [2.45, 2.75) is 98.4 Å². The van der Waals surface area contributed by atoms with Crippen molar-refractivity contribution in [3.05, 3.63) is 35.4 Å². The van der Waals surface area contributed by atoms with Gasteiger partial charge in [-0.05, 0) is 93.4 Å². The van der Waals surface area contributed by atoms with Crippen molar-refractivity contribution in [3.63, 3.8) is 0 Å². The number of hydrogen-bond acceptors (Lipinski definition) is 7. The van der Waals surface area contributed by atoms with Gasteiger partial charge in [0.25, 0.3) is 0 Å². The molecule has 9 nitrogen and oxygen atoms in total. The molecule has 37 heavy (non-hydrogen) atoms. The number of ether oxygens (including phenoxy) is 3. The minimum absolute atomic E-state index is 0.110. The van der Waals surface area contributed by atoms with Crippen LogP contribution in [0.4, 0.5) is 20.1 Å². The summed E-state index contributed by atoms with van der Waals surface area (Å²) in [7, 11) is 0. The highest BCUT2D eigenvalue weighted by atomic mass is 16.6. The number of benzene rings is 1. The average Bonchev–Trinajstić information content (AvgIpc) is 2.86. The highest BCUT2D eigenvalue weighted by Crippen LogP contribution is 2.42. The first-order valence-corrected chi connectivity index (χ1v) is 12.2. The van der Waals surface area contributed by atoms with Crippen LogP contribution in [0.25, 0.3) is 6.08 Å². The molecule has 0 saturated heterocycles. The second kappa shape index (κ2) is 10.2. The molecule has 0 unspecified atom stereocenters. The normalized spacial score (nSPS) is 15.4. The van der Waals surface area contributed by atoms with E-state index in [-0.39, 0.29) is 12.5 Å². The molecule has 1 aromatic rings. The molecule has 1 aliphatic heterocycles. The minimum atomic E-state index is -0.904. The molecule has 9 heteroatoms. The van der Waals surface area contributed by atoms with Crippen LogP contribution in [0.15, 0.2) is 24.3 Å². The monoisotopic (exact) mass is 516 g/mol. The van der Waals surface area contributed by atoms with Gasteiger partial charge in [-0.1, -0.05) is 24.3 Å². The lowest BCUT2D eigenvalue weighted by atomic mass is 9.86. The molecular formula is C28H40N2O7. The lowest BCUT2D eigenvalue weighted by Gasteiger charge is -2.28. The van der Waals surface area contributed by atoms with Crippen molar-refractivity contribution in [2.75, 3.05) is 11.4 Å². The number of carbonyl (C=O) groups excluding carboxylic acids is 4. The third kappa shape index (κ3) is 7.81. The second-order valence-corrected chi connectivity index (χ2v) is 12.5. The Morgan fingerprint density at radius 3 is 1.81 bits per heavy atom. The summed E-state index contributed by atoms with van der Waals surface area (Å²) in [5.74, 6) is -0.376. The fourth-order valence-electron chi connectivity index (χ4n) is 3.51. The first kappa shape index (κ1) is 29.9. The molecule has 1 heterocycles. The molecule has 0 atom stereocenters. The van der Waals surface area contributed by atoms with Crippen LogP contribution in [0.1, 0.15) is 87.3 Å². The first-order valence-electron chi connectivity index (χ1n) is 12.2. The maximum absolute atomic E-state index is 13.1. The van der Waals surface area contributed by atoms with Gasteiger partial charge in [-0.25, -0.2) is 24.2 Å². The van der Waals surface area contributed by atoms with E-state index in [2.05, 4.69) is 0 Å². The molecule has 1 aliphatic rings. The van der Waals surface area contributed by atoms with Crippen molar-refractivity contribution in [2.24, 2.45) is 0 Å². The largest absolute Gasteiger partial charge is 0.443 e. The average molecular weight is 517 g/mol. The highest BCUT2D eigenvalue weighted by Gasteiger charge is 2.48. The molecule has 0 radical (unpaired) electrons. The molecule has 0 aromatic heterocycles. The molecule has 0 N–H and O–H groups in total. The van der Waals surface area contributed by atoms with Gasteiger partial charge >= 0.3 is 18.3 Å². The Labute approximate surface area is 219 Å². The van der Waals surface area contributed by atoms with Crippen molar-refractivity contribution in [1.29, 1.82) is 0 Å². The predicted molar refractivity (Wildman–Crippen MR) is 141 cm³/mol. The summed E-state index contributed by atoms with van der Waals surface area (Å²) in [5.41, 5.74) is -1.48. The molecular weight excluding hydrogens is 476 g/mol. The van der Waals surface area contributed by atoms with E-state index >= 15 is 0 Å². The van der Waals surface area contributed by atoms with E-state index in [4.69, 9.17) is 14.2 Å². The van der Waals surface area contributed by atoms with E-state index in [1.807, 2.05) is 0 Å². The first-order chi connectivity index (χ1) is 16.6. The van der Waals surface area contributed by atoms with Crippen LogP contribution in [0, 0.1) is 0 Å². The molecule has 4 amide bonds. The molecule has 2 rings (SSSR count). The number of amides is 4. The van der Waals surface area contributed by atoms with Gasteiger partial charge in [0.15, 0.2) is 0 Å². The summed E-state index contributed by atoms with van der Waals surface area (Å²) in [4.78, 5) is 53.3. The summed E-state index contributed by atoms with van der Waals surface area (Å²) >= 11 is 0. The third-order valence-electron chi connectivity index (χ3n) is 5.08. The van der Waals surface area contributed by atoms with Crippen molar-refractivity contribution in [1.82, 2.24) is 4.90 Å². The second-order valence-electron chi connectivity index (χ2n) is 12.5. The number of fused-ring (bicyclic) bond motifs is 1. The van der Waals surface area contributed by atoms with Crippen LogP contribution >= 0.6 is 0 Å². The number of anilines is 1. The van der Waals surface area contributed by atoms with Gasteiger partial charge in [-0.3, -0.25) is 4.79 Å². The van der Waals surface area contributed by atoms with Gasteiger partial charge in [0.2, 0.25) is 5.91 Å². The van der Waals surface area contributed by atoms with E-state index in [0.717, 1.165) is 9.80 Å². The van der Waals surface area contributed by atoms with Crippen LogP contribution in [-0.2, 0) is 24.4 Å². The third-order valence-corrected chi connectivity index (χ3v) is 5.08. The number of imide groups is 2. The quantitative estimate of drug-likeness (QED) is 0.426. The van der Waals surface area contributed by atoms with Gasteiger partial charge in [0, 0.05) is 0 Å². The summed E-state index contributed by atoms with van der Waals surface area (Å²) in [6.07, 6.45) is 0.888. The summed E-state index contributed by atoms with van der Waals surface area (Å²) in [6.45, 7) is 18.8. The maximum Gasteiger partial charge on any atom is 0.421 e. The molecule has 204 valence electrons. The Bertz CT molecular complexity index is 1070. The molecule has 0 fully saturated rings. The zero-order chi connectivity index (χ0) is 28.6. The van der Waals surface area contributed by atoms with Crippen LogP contribution in [0.3, 0.4) is 0 Å². The van der Waals surface area contributed by atoms with Crippen LogP contribution < -0.4 is 4.90 Å². The maximum atomic E-state index is 13.1. The van der Waals surface area contributed by atoms with Crippen LogP contribution in [0.5, 0.6) is 0 Å². The molecule has 0 bridgehead atoms. The summed E-state index contributed by atoms with van der Waals surface area (Å²) in [6, 6.07) is 5.29. The number of nitrogens with zero attached hydrogens (tertiary/aromatic N) is 2. The minimum Gasteiger partial charge on any atom is -0.443 e. The fraction of sp³-hybridized carbons (Fsp3) is 0.571. The van der Waals surface area contributed by atoms with Gasteiger partial charge in [-0.2, -0.15) is 0 Å². The van der Waals surface area contributed by atoms with E-state index in [1.165, 1.54) is 0 Å². The van der Waals surface area contributed by atoms with Gasteiger partial charge in [-0.15, -0.1) is 0 Å². The standard InChI is InChI=1S/C28H40N2O7/c1-25(2,3)35-22(32)29(23(33)36-26(4,5)6)16-12-13-18-14-15-19-20(17-18)30(21(31)28(19,10)11)24(34)37-27(7,8)9/h12-15,17H,16H2,1-11H3/b13-12+. The lowest BCUT2D eigenvalue weighted by molar-refractivity contribution is -0.121. The molecule has 0 spiro atoms. The van der Waals surface area contributed by atoms with Gasteiger partial charge in [0.1, 0.15) is 16.8 Å². The zero-order valence-corrected chi connectivity index (χ0v) is 23.8. The Morgan fingerprint density at radius 1 is 0.865 bits per heavy atom. The lowest BCUT2D eigenvalue weighted by Crippen LogP contribution is -2.43. The number of carbonyl (C=O) groups is 4. The Hall–Kier alpha value is -3.36. The summed E-state index contributed by atoms with van der Waals surface area (Å²) in [5, 5.41) is 0. The fourth-order valence-corrected chi connectivity index (χ4v) is 3.51.